The number of amides is 2. The molecule has 4 aliphatic rings. The molecule has 2 atom stereocenters. The van der Waals surface area contributed by atoms with E-state index in [4.69, 9.17) is 4.99 Å². The monoisotopic (exact) mass is 387 g/mol. The van der Waals surface area contributed by atoms with Crippen LogP contribution in [0.25, 0.3) is 0 Å². The number of nitrogens with zero attached hydrogens (tertiary/aromatic N) is 3. The summed E-state index contributed by atoms with van der Waals surface area (Å²) >= 11 is 0. The molecular weight excluding hydrogens is 350 g/mol. The van der Waals surface area contributed by atoms with Crippen molar-refractivity contribution in [3.05, 3.63) is 0 Å². The molecule has 5 nitrogen and oxygen atoms in total. The number of aliphatic imine (C=N–C) groups is 1. The van der Waals surface area contributed by atoms with E-state index in [-0.39, 0.29) is 17.9 Å². The smallest absolute Gasteiger partial charge is 0.256 e. The minimum absolute atomic E-state index is 0.153. The Balaban J connectivity index is 1.41. The Kier molecular flexibility index (Phi) is 5.54. The zero-order valence-electron chi connectivity index (χ0n) is 18.0. The van der Waals surface area contributed by atoms with Gasteiger partial charge in [-0.2, -0.15) is 0 Å². The van der Waals surface area contributed by atoms with Gasteiger partial charge in [-0.05, 0) is 64.2 Å². The molecule has 2 heterocycles. The zero-order chi connectivity index (χ0) is 19.9. The molecule has 2 saturated carbocycles. The number of carbonyl (C=O) groups is 2. The molecule has 2 unspecified atom stereocenters. The van der Waals surface area contributed by atoms with Crippen molar-refractivity contribution in [2.75, 3.05) is 13.1 Å². The van der Waals surface area contributed by atoms with Crippen LogP contribution in [0.4, 0.5) is 0 Å². The predicted molar refractivity (Wildman–Crippen MR) is 111 cm³/mol. The number of hydrogen-bond acceptors (Lipinski definition) is 3. The number of piperidine rings is 1. The molecule has 1 spiro atoms. The number of fused-ring (bicyclic) bond motifs is 2. The van der Waals surface area contributed by atoms with Gasteiger partial charge in [-0.25, -0.2) is 0 Å². The average Bonchev–Trinajstić information content (AvgIpc) is 3.16. The lowest BCUT2D eigenvalue weighted by Crippen LogP contribution is -2.53. The van der Waals surface area contributed by atoms with Crippen molar-refractivity contribution in [3.8, 4) is 0 Å². The summed E-state index contributed by atoms with van der Waals surface area (Å²) in [6.45, 7) is 7.71. The van der Waals surface area contributed by atoms with Crippen molar-refractivity contribution < 1.29 is 9.59 Å². The minimum atomic E-state index is -0.601. The third kappa shape index (κ3) is 3.50. The lowest BCUT2D eigenvalue weighted by molar-refractivity contribution is -0.142. The molecule has 0 radical (unpaired) electrons. The molecule has 156 valence electrons. The molecule has 1 saturated heterocycles. The van der Waals surface area contributed by atoms with Gasteiger partial charge in [-0.15, -0.1) is 0 Å². The van der Waals surface area contributed by atoms with Gasteiger partial charge in [0.25, 0.3) is 5.91 Å². The van der Waals surface area contributed by atoms with Crippen LogP contribution in [0.15, 0.2) is 4.99 Å². The van der Waals surface area contributed by atoms with E-state index in [2.05, 4.69) is 20.8 Å². The van der Waals surface area contributed by atoms with Gasteiger partial charge >= 0.3 is 0 Å². The van der Waals surface area contributed by atoms with E-state index in [0.717, 1.165) is 49.8 Å². The molecule has 5 heteroatoms. The van der Waals surface area contributed by atoms with Crippen LogP contribution in [0, 0.1) is 17.8 Å². The Morgan fingerprint density at radius 3 is 2.36 bits per heavy atom. The Bertz CT molecular complexity index is 636. The summed E-state index contributed by atoms with van der Waals surface area (Å²) in [4.78, 5) is 35.4. The lowest BCUT2D eigenvalue weighted by atomic mass is 9.79. The lowest BCUT2D eigenvalue weighted by Gasteiger charge is -2.39. The largest absolute Gasteiger partial charge is 0.342 e. The van der Waals surface area contributed by atoms with Crippen molar-refractivity contribution >= 4 is 17.6 Å². The van der Waals surface area contributed by atoms with E-state index >= 15 is 0 Å². The molecule has 0 N–H and O–H groups in total. The van der Waals surface area contributed by atoms with Crippen LogP contribution in [0.5, 0.6) is 0 Å². The number of unbranched alkanes of at least 4 members (excludes halogenated alkanes) is 1. The van der Waals surface area contributed by atoms with Crippen molar-refractivity contribution in [3.63, 3.8) is 0 Å². The van der Waals surface area contributed by atoms with E-state index < -0.39 is 5.54 Å². The first kappa shape index (κ1) is 19.9. The van der Waals surface area contributed by atoms with E-state index in [1.807, 2.05) is 9.80 Å². The Morgan fingerprint density at radius 1 is 1.14 bits per heavy atom. The highest BCUT2D eigenvalue weighted by molar-refractivity contribution is 6.08. The van der Waals surface area contributed by atoms with Gasteiger partial charge in [0.2, 0.25) is 5.91 Å². The van der Waals surface area contributed by atoms with E-state index in [1.165, 1.54) is 19.3 Å². The second-order valence-corrected chi connectivity index (χ2v) is 9.97. The highest BCUT2D eigenvalue weighted by Crippen LogP contribution is 2.45. The van der Waals surface area contributed by atoms with Crippen LogP contribution in [-0.2, 0) is 9.59 Å². The molecule has 3 fully saturated rings. The fourth-order valence-electron chi connectivity index (χ4n) is 6.12. The van der Waals surface area contributed by atoms with E-state index in [1.54, 1.807) is 0 Å². The van der Waals surface area contributed by atoms with Crippen LogP contribution < -0.4 is 0 Å². The minimum Gasteiger partial charge on any atom is -0.342 e. The average molecular weight is 388 g/mol. The predicted octanol–water partition coefficient (Wildman–Crippen LogP) is 4.01. The second-order valence-electron chi connectivity index (χ2n) is 9.97. The summed E-state index contributed by atoms with van der Waals surface area (Å²) in [5.74, 6) is 3.31. The van der Waals surface area contributed by atoms with Crippen LogP contribution in [0.3, 0.4) is 0 Å². The maximum absolute atomic E-state index is 13.3. The maximum Gasteiger partial charge on any atom is 0.256 e. The molecule has 28 heavy (non-hydrogen) atoms. The van der Waals surface area contributed by atoms with Gasteiger partial charge < -0.3 is 4.90 Å². The molecule has 0 aromatic heterocycles. The van der Waals surface area contributed by atoms with Crippen LogP contribution in [-0.4, -0.2) is 52.1 Å². The highest BCUT2D eigenvalue weighted by atomic mass is 16.2. The van der Waals surface area contributed by atoms with Gasteiger partial charge in [0.05, 0.1) is 0 Å². The fourth-order valence-corrected chi connectivity index (χ4v) is 6.12. The number of amidine groups is 1. The summed E-state index contributed by atoms with van der Waals surface area (Å²) in [5, 5.41) is 0. The Labute approximate surface area is 169 Å². The van der Waals surface area contributed by atoms with Crippen molar-refractivity contribution in [2.24, 2.45) is 22.7 Å². The van der Waals surface area contributed by atoms with Crippen molar-refractivity contribution in [1.82, 2.24) is 9.80 Å². The number of rotatable bonds is 5. The molecule has 2 aliphatic heterocycles. The first-order valence-electron chi connectivity index (χ1n) is 11.6. The summed E-state index contributed by atoms with van der Waals surface area (Å²) in [7, 11) is 0. The first-order valence-corrected chi connectivity index (χ1v) is 11.6. The van der Waals surface area contributed by atoms with Gasteiger partial charge in [0.15, 0.2) is 0 Å². The second kappa shape index (κ2) is 7.79. The standard InChI is InChI=1S/C23H37N3O2/c1-4-5-6-20-24-23(22(28)26(20)16(2)3)9-11-25(12-10-23)21(27)19-14-17-7-8-18(13-17)15-19/h16-19H,4-15H2,1-3H3. The molecule has 2 bridgehead atoms. The zero-order valence-corrected chi connectivity index (χ0v) is 18.0. The van der Waals surface area contributed by atoms with Crippen molar-refractivity contribution in [2.45, 2.75) is 96.6 Å². The maximum atomic E-state index is 13.3. The SMILES string of the molecule is CCCCC1=NC2(CCN(C(=O)C3CC4CCC(C4)C3)CC2)C(=O)N1C(C)C. The number of likely N-dealkylation sites (tertiary alicyclic amines) is 1. The van der Waals surface area contributed by atoms with Gasteiger partial charge in [-0.3, -0.25) is 19.5 Å². The van der Waals surface area contributed by atoms with Gasteiger partial charge in [0.1, 0.15) is 11.4 Å². The third-order valence-corrected chi connectivity index (χ3v) is 7.65. The summed E-state index contributed by atoms with van der Waals surface area (Å²) in [6.07, 6.45) is 10.6. The van der Waals surface area contributed by atoms with Gasteiger partial charge in [-0.1, -0.05) is 26.2 Å². The summed E-state index contributed by atoms with van der Waals surface area (Å²) in [5.41, 5.74) is -0.601. The molecule has 0 aromatic rings. The Hall–Kier alpha value is -1.39. The van der Waals surface area contributed by atoms with Crippen LogP contribution >= 0.6 is 0 Å². The Morgan fingerprint density at radius 2 is 1.79 bits per heavy atom. The normalized spacial score (nSPS) is 31.8. The molecular formula is C23H37N3O2. The number of carbonyl (C=O) groups excluding carboxylic acids is 2. The van der Waals surface area contributed by atoms with Crippen molar-refractivity contribution in [1.29, 1.82) is 0 Å². The van der Waals surface area contributed by atoms with E-state index in [9.17, 15) is 9.59 Å². The highest BCUT2D eigenvalue weighted by Gasteiger charge is 2.51. The molecule has 0 aromatic carbocycles. The van der Waals surface area contributed by atoms with E-state index in [0.29, 0.717) is 31.8 Å². The third-order valence-electron chi connectivity index (χ3n) is 7.65. The summed E-state index contributed by atoms with van der Waals surface area (Å²) < 4.78 is 0. The molecule has 2 aliphatic carbocycles. The summed E-state index contributed by atoms with van der Waals surface area (Å²) in [6, 6.07) is 0.153. The molecule has 4 rings (SSSR count). The van der Waals surface area contributed by atoms with Crippen LogP contribution in [0.2, 0.25) is 0 Å². The topological polar surface area (TPSA) is 53.0 Å². The van der Waals surface area contributed by atoms with Crippen LogP contribution in [0.1, 0.15) is 85.0 Å². The fraction of sp³-hybridized carbons (Fsp3) is 0.870. The van der Waals surface area contributed by atoms with Gasteiger partial charge in [0, 0.05) is 31.5 Å². The number of hydrogen-bond donors (Lipinski definition) is 0. The quantitative estimate of drug-likeness (QED) is 0.716. The molecule has 2 amide bonds. The first-order chi connectivity index (χ1) is 13.4.